The molecule has 0 radical (unpaired) electrons. The van der Waals surface area contributed by atoms with Crippen LogP contribution >= 0.6 is 11.6 Å². The molecule has 0 aromatic heterocycles. The van der Waals surface area contributed by atoms with Crippen LogP contribution in [0.25, 0.3) is 5.57 Å². The summed E-state index contributed by atoms with van der Waals surface area (Å²) in [6, 6.07) is 6.03. The minimum absolute atomic E-state index is 0.0972. The van der Waals surface area contributed by atoms with Crippen LogP contribution in [0.3, 0.4) is 0 Å². The van der Waals surface area contributed by atoms with E-state index in [9.17, 15) is 4.79 Å². The van der Waals surface area contributed by atoms with Crippen molar-refractivity contribution in [3.63, 3.8) is 0 Å². The Bertz CT molecular complexity index is 1190. The molecule has 0 bridgehead atoms. The average Bonchev–Trinajstić information content (AvgIpc) is 3.68. The first-order valence-corrected chi connectivity index (χ1v) is 15.5. The number of nitrogens with one attached hydrogen (secondary N) is 3. The molecule has 1 saturated heterocycles. The predicted octanol–water partition coefficient (Wildman–Crippen LogP) is 6.20. The van der Waals surface area contributed by atoms with Crippen LogP contribution in [0, 0.1) is 5.92 Å². The lowest BCUT2D eigenvalue weighted by atomic mass is 9.92. The zero-order valence-electron chi connectivity index (χ0n) is 25.5. The van der Waals surface area contributed by atoms with Crippen molar-refractivity contribution in [1.82, 2.24) is 21.0 Å². The van der Waals surface area contributed by atoms with Crippen molar-refractivity contribution < 1.29 is 9.63 Å². The van der Waals surface area contributed by atoms with Crippen LogP contribution in [0.1, 0.15) is 84.8 Å². The lowest BCUT2D eigenvalue weighted by Crippen LogP contribution is -2.46. The van der Waals surface area contributed by atoms with E-state index in [-0.39, 0.29) is 12.1 Å². The van der Waals surface area contributed by atoms with E-state index in [0.717, 1.165) is 49.9 Å². The fourth-order valence-corrected chi connectivity index (χ4v) is 5.00. The lowest BCUT2D eigenvalue weighted by Gasteiger charge is -2.34. The summed E-state index contributed by atoms with van der Waals surface area (Å²) in [6.45, 7) is 18.7. The van der Waals surface area contributed by atoms with Crippen molar-refractivity contribution in [2.75, 3.05) is 19.6 Å². The molecule has 2 fully saturated rings. The van der Waals surface area contributed by atoms with Crippen LogP contribution in [0.4, 0.5) is 0 Å². The maximum atomic E-state index is 14.0. The predicted molar refractivity (Wildman–Crippen MR) is 171 cm³/mol. The maximum Gasteiger partial charge on any atom is 0.260 e. The third-order valence-electron chi connectivity index (χ3n) is 6.86. The molecule has 4 aliphatic rings. The number of hydrogen-bond donors (Lipinski definition) is 3. The minimum atomic E-state index is -0.260. The van der Waals surface area contributed by atoms with Crippen molar-refractivity contribution in [3.8, 4) is 0 Å². The van der Waals surface area contributed by atoms with E-state index in [1.807, 2.05) is 62.9 Å². The van der Waals surface area contributed by atoms with E-state index < -0.39 is 0 Å². The SMILES string of the molecule is C=C(/N=C1\C(=C/C)C=C(c2ccc(C3=NC(C)ON3)cc2Cl)C(=O)N1CC1CCNCC1)NC1CC1.CC.CCC. The molecule has 3 aliphatic heterocycles. The van der Waals surface area contributed by atoms with Crippen LogP contribution in [-0.4, -0.2) is 54.4 Å². The van der Waals surface area contributed by atoms with Gasteiger partial charge in [-0.25, -0.2) is 20.3 Å². The van der Waals surface area contributed by atoms with Crippen LogP contribution in [0.5, 0.6) is 0 Å². The smallest absolute Gasteiger partial charge is 0.260 e. The van der Waals surface area contributed by atoms with Gasteiger partial charge >= 0.3 is 0 Å². The van der Waals surface area contributed by atoms with E-state index in [2.05, 4.69) is 41.5 Å². The van der Waals surface area contributed by atoms with Gasteiger partial charge in [0.05, 0.1) is 0 Å². The summed E-state index contributed by atoms with van der Waals surface area (Å²) in [6.07, 6.45) is 9.17. The largest absolute Gasteiger partial charge is 0.368 e. The number of allylic oxidation sites excluding steroid dienone is 1. The Labute approximate surface area is 251 Å². The highest BCUT2D eigenvalue weighted by Gasteiger charge is 2.34. The summed E-state index contributed by atoms with van der Waals surface area (Å²) >= 11 is 6.74. The second kappa shape index (κ2) is 15.9. The molecule has 9 heteroatoms. The first-order valence-electron chi connectivity index (χ1n) is 15.1. The molecule has 5 rings (SSSR count). The summed E-state index contributed by atoms with van der Waals surface area (Å²) in [7, 11) is 0. The van der Waals surface area contributed by atoms with Gasteiger partial charge in [0.2, 0.25) is 0 Å². The fourth-order valence-electron chi connectivity index (χ4n) is 4.71. The van der Waals surface area contributed by atoms with Gasteiger partial charge in [0.25, 0.3) is 5.91 Å². The number of carbonyl (C=O) groups is 1. The molecule has 1 atom stereocenters. The molecule has 1 aromatic rings. The summed E-state index contributed by atoms with van der Waals surface area (Å²) in [5.74, 6) is 2.16. The molecule has 3 heterocycles. The molecular weight excluding hydrogens is 536 g/mol. The molecule has 1 amide bonds. The third-order valence-corrected chi connectivity index (χ3v) is 7.17. The van der Waals surface area contributed by atoms with E-state index >= 15 is 0 Å². The van der Waals surface area contributed by atoms with E-state index in [1.54, 1.807) is 0 Å². The van der Waals surface area contributed by atoms with Crippen molar-refractivity contribution in [2.24, 2.45) is 15.9 Å². The normalized spacial score (nSPS) is 22.7. The van der Waals surface area contributed by atoms with Gasteiger partial charge in [-0.2, -0.15) is 0 Å². The highest BCUT2D eigenvalue weighted by atomic mass is 35.5. The molecule has 1 saturated carbocycles. The Morgan fingerprint density at radius 1 is 1.24 bits per heavy atom. The van der Waals surface area contributed by atoms with E-state index in [1.165, 1.54) is 6.42 Å². The highest BCUT2D eigenvalue weighted by molar-refractivity contribution is 6.37. The topological polar surface area (TPSA) is 90.4 Å². The van der Waals surface area contributed by atoms with Crippen molar-refractivity contribution in [1.29, 1.82) is 0 Å². The van der Waals surface area contributed by atoms with Crippen LogP contribution in [0.2, 0.25) is 5.02 Å². The maximum absolute atomic E-state index is 14.0. The first kappa shape index (κ1) is 32.6. The molecule has 1 aromatic carbocycles. The number of nitrogens with zero attached hydrogens (tertiary/aromatic N) is 3. The summed E-state index contributed by atoms with van der Waals surface area (Å²) in [5, 5.41) is 7.23. The quantitative estimate of drug-likeness (QED) is 0.356. The summed E-state index contributed by atoms with van der Waals surface area (Å²) < 4.78 is 0. The number of rotatable bonds is 7. The number of aliphatic imine (C=N–C) groups is 2. The first-order chi connectivity index (χ1) is 19.8. The zero-order chi connectivity index (χ0) is 29.9. The fraction of sp³-hybridized carbons (Fsp3) is 0.531. The van der Waals surface area contributed by atoms with Gasteiger partial charge in [-0.1, -0.05) is 70.5 Å². The van der Waals surface area contributed by atoms with Crippen molar-refractivity contribution >= 4 is 34.8 Å². The lowest BCUT2D eigenvalue weighted by molar-refractivity contribution is -0.122. The van der Waals surface area contributed by atoms with Crippen molar-refractivity contribution in [2.45, 2.75) is 85.9 Å². The van der Waals surface area contributed by atoms with Crippen LogP contribution in [0.15, 0.2) is 58.3 Å². The second-order valence-electron chi connectivity index (χ2n) is 10.4. The number of hydroxylamine groups is 1. The monoisotopic (exact) mass is 582 g/mol. The number of amidine groups is 2. The Balaban J connectivity index is 0.000000868. The third kappa shape index (κ3) is 8.77. The Hall–Kier alpha value is -2.94. The van der Waals surface area contributed by atoms with Crippen LogP contribution in [-0.2, 0) is 9.63 Å². The summed E-state index contributed by atoms with van der Waals surface area (Å²) in [4.78, 5) is 30.3. The number of benzene rings is 1. The van der Waals surface area contributed by atoms with Gasteiger partial charge in [0.15, 0.2) is 12.1 Å². The molecule has 224 valence electrons. The Kier molecular flexibility index (Phi) is 12.6. The molecule has 3 N–H and O–H groups in total. The number of piperidine rings is 1. The molecule has 1 unspecified atom stereocenters. The highest BCUT2D eigenvalue weighted by Crippen LogP contribution is 2.33. The molecule has 41 heavy (non-hydrogen) atoms. The van der Waals surface area contributed by atoms with Gasteiger partial charge in [-0.05, 0) is 70.7 Å². The Morgan fingerprint density at radius 2 is 1.93 bits per heavy atom. The molecule has 8 nitrogen and oxygen atoms in total. The zero-order valence-corrected chi connectivity index (χ0v) is 26.3. The second-order valence-corrected chi connectivity index (χ2v) is 10.8. The standard InChI is InChI=1S/C27H33ClN6O2.C3H8.C2H6/c1-4-19-13-23(22-8-5-20(14-24(22)28)25-32-17(3)36-33-25)27(35)34(15-18-9-11-29-12-10-18)26(19)31-16(2)30-21-6-7-21;1-3-2;1-2/h4-5,8,13-14,17-18,21,29-30H,2,6-7,9-12,15H2,1,3H3,(H,32,33);3H2,1-2H3;1-2H3/b19-4-,31-26+;;. The van der Waals surface area contributed by atoms with Gasteiger partial charge in [-0.3, -0.25) is 9.69 Å². The molecule has 0 spiro atoms. The van der Waals surface area contributed by atoms with Crippen molar-refractivity contribution in [3.05, 3.63) is 64.5 Å². The minimum Gasteiger partial charge on any atom is -0.368 e. The average molecular weight is 583 g/mol. The van der Waals surface area contributed by atoms with E-state index in [0.29, 0.717) is 52.2 Å². The Morgan fingerprint density at radius 3 is 2.49 bits per heavy atom. The van der Waals surface area contributed by atoms with Crippen LogP contribution < -0.4 is 16.1 Å². The molecule has 1 aliphatic carbocycles. The number of hydrogen-bond acceptors (Lipinski definition) is 7. The summed E-state index contributed by atoms with van der Waals surface area (Å²) in [5.41, 5.74) is 5.74. The number of amides is 1. The van der Waals surface area contributed by atoms with E-state index in [4.69, 9.17) is 21.4 Å². The van der Waals surface area contributed by atoms with Gasteiger partial charge in [0.1, 0.15) is 11.7 Å². The number of halogens is 1. The van der Waals surface area contributed by atoms with Gasteiger partial charge in [-0.15, -0.1) is 0 Å². The molecular formula is C32H47ClN6O2. The van der Waals surface area contributed by atoms with Gasteiger partial charge in [0, 0.05) is 39.9 Å². The van der Waals surface area contributed by atoms with Gasteiger partial charge < -0.3 is 10.6 Å². The number of carbonyl (C=O) groups excluding carboxylic acids is 1.